The van der Waals surface area contributed by atoms with E-state index in [0.29, 0.717) is 34.5 Å². The molecule has 1 atom stereocenters. The largest absolute Gasteiger partial charge is 0.376 e. The molecule has 1 unspecified atom stereocenters. The molecule has 1 aliphatic rings. The standard InChI is InChI=1S/C21H23ClN4O3S2/c1-3-15-12(2)31-19-18(15)20(28)26(10-14-5-4-8-29-14)21(25-19)30-11-17(27)24-16-7-6-13(22)9-23-16/h6-7,9,14H,3-5,8,10-11H2,1-2H3,(H,23,24,27). The number of carbonyl (C=O) groups is 1. The van der Waals surface area contributed by atoms with Crippen LogP contribution >= 0.6 is 34.7 Å². The van der Waals surface area contributed by atoms with Crippen molar-refractivity contribution in [2.24, 2.45) is 0 Å². The van der Waals surface area contributed by atoms with Gasteiger partial charge in [0.15, 0.2) is 5.16 Å². The summed E-state index contributed by atoms with van der Waals surface area (Å²) in [5.41, 5.74) is 1.01. The van der Waals surface area contributed by atoms with Gasteiger partial charge in [0.05, 0.1) is 28.8 Å². The zero-order valence-corrected chi connectivity index (χ0v) is 19.7. The Bertz CT molecular complexity index is 1150. The molecule has 3 aromatic heterocycles. The third-order valence-electron chi connectivity index (χ3n) is 5.17. The molecule has 4 rings (SSSR count). The number of carbonyl (C=O) groups excluding carboxylic acids is 1. The Morgan fingerprint density at radius 2 is 2.29 bits per heavy atom. The smallest absolute Gasteiger partial charge is 0.263 e. The van der Waals surface area contributed by atoms with Crippen LogP contribution in [-0.4, -0.2) is 38.9 Å². The van der Waals surface area contributed by atoms with Crippen molar-refractivity contribution in [2.75, 3.05) is 17.7 Å². The minimum absolute atomic E-state index is 0.00629. The van der Waals surface area contributed by atoms with Crippen molar-refractivity contribution in [3.63, 3.8) is 0 Å². The maximum atomic E-state index is 13.4. The van der Waals surface area contributed by atoms with E-state index in [2.05, 4.69) is 17.2 Å². The zero-order chi connectivity index (χ0) is 22.0. The van der Waals surface area contributed by atoms with E-state index < -0.39 is 0 Å². The normalized spacial score (nSPS) is 16.2. The number of nitrogens with zero attached hydrogens (tertiary/aromatic N) is 3. The van der Waals surface area contributed by atoms with Gasteiger partial charge in [0.2, 0.25) is 5.91 Å². The summed E-state index contributed by atoms with van der Waals surface area (Å²) in [7, 11) is 0. The summed E-state index contributed by atoms with van der Waals surface area (Å²) >= 11 is 8.61. The van der Waals surface area contributed by atoms with Gasteiger partial charge in [-0.1, -0.05) is 30.3 Å². The molecule has 0 saturated carbocycles. The first kappa shape index (κ1) is 22.3. The quantitative estimate of drug-likeness (QED) is 0.402. The van der Waals surface area contributed by atoms with Gasteiger partial charge in [0.25, 0.3) is 5.56 Å². The fourth-order valence-corrected chi connectivity index (χ4v) is 5.75. The van der Waals surface area contributed by atoms with Crippen LogP contribution in [0.15, 0.2) is 28.3 Å². The van der Waals surface area contributed by atoms with E-state index in [0.717, 1.165) is 34.5 Å². The molecule has 10 heteroatoms. The number of thiophene rings is 1. The second-order valence-electron chi connectivity index (χ2n) is 7.31. The highest BCUT2D eigenvalue weighted by molar-refractivity contribution is 7.99. The van der Waals surface area contributed by atoms with Gasteiger partial charge in [-0.05, 0) is 43.9 Å². The first-order chi connectivity index (χ1) is 15.0. The molecule has 0 spiro atoms. The highest BCUT2D eigenvalue weighted by atomic mass is 35.5. The Balaban J connectivity index is 1.61. The van der Waals surface area contributed by atoms with E-state index in [1.807, 2.05) is 6.92 Å². The summed E-state index contributed by atoms with van der Waals surface area (Å²) < 4.78 is 7.45. The van der Waals surface area contributed by atoms with E-state index >= 15 is 0 Å². The minimum Gasteiger partial charge on any atom is -0.376 e. The summed E-state index contributed by atoms with van der Waals surface area (Å²) in [6.45, 7) is 5.24. The number of rotatable bonds is 7. The van der Waals surface area contributed by atoms with Crippen LogP contribution in [-0.2, 0) is 22.5 Å². The Kier molecular flexibility index (Phi) is 6.95. The molecule has 164 valence electrons. The first-order valence-electron chi connectivity index (χ1n) is 10.1. The van der Waals surface area contributed by atoms with Crippen molar-refractivity contribution in [1.82, 2.24) is 14.5 Å². The number of amides is 1. The van der Waals surface area contributed by atoms with Gasteiger partial charge in [-0.25, -0.2) is 9.97 Å². The number of ether oxygens (including phenoxy) is 1. The molecule has 31 heavy (non-hydrogen) atoms. The van der Waals surface area contributed by atoms with E-state index in [1.165, 1.54) is 29.3 Å². The topological polar surface area (TPSA) is 86.1 Å². The van der Waals surface area contributed by atoms with Crippen LogP contribution in [0.3, 0.4) is 0 Å². The number of thioether (sulfide) groups is 1. The van der Waals surface area contributed by atoms with Gasteiger partial charge >= 0.3 is 0 Å². The molecule has 7 nitrogen and oxygen atoms in total. The Labute approximate surface area is 193 Å². The van der Waals surface area contributed by atoms with Gasteiger partial charge in [0.1, 0.15) is 10.6 Å². The maximum absolute atomic E-state index is 13.4. The summed E-state index contributed by atoms with van der Waals surface area (Å²) in [6, 6.07) is 3.31. The highest BCUT2D eigenvalue weighted by Gasteiger charge is 2.23. The molecule has 0 radical (unpaired) electrons. The van der Waals surface area contributed by atoms with E-state index in [9.17, 15) is 9.59 Å². The van der Waals surface area contributed by atoms with E-state index in [1.54, 1.807) is 16.7 Å². The molecule has 1 fully saturated rings. The number of nitrogens with one attached hydrogen (secondary N) is 1. The Morgan fingerprint density at radius 1 is 1.45 bits per heavy atom. The highest BCUT2D eigenvalue weighted by Crippen LogP contribution is 2.30. The van der Waals surface area contributed by atoms with Gasteiger partial charge < -0.3 is 10.1 Å². The van der Waals surface area contributed by atoms with Gasteiger partial charge in [0, 0.05) is 17.7 Å². The molecule has 3 aromatic rings. The predicted molar refractivity (Wildman–Crippen MR) is 126 cm³/mol. The summed E-state index contributed by atoms with van der Waals surface area (Å²) in [4.78, 5) is 36.6. The fraction of sp³-hybridized carbons (Fsp3) is 0.429. The summed E-state index contributed by atoms with van der Waals surface area (Å²) in [6.07, 6.45) is 4.16. The van der Waals surface area contributed by atoms with Gasteiger partial charge in [-0.2, -0.15) is 0 Å². The monoisotopic (exact) mass is 478 g/mol. The van der Waals surface area contributed by atoms with Crippen molar-refractivity contribution >= 4 is 56.6 Å². The third-order valence-corrected chi connectivity index (χ3v) is 7.41. The molecular weight excluding hydrogens is 456 g/mol. The molecule has 1 saturated heterocycles. The molecule has 1 aliphatic heterocycles. The Hall–Kier alpha value is -1.94. The number of hydrogen-bond donors (Lipinski definition) is 1. The molecule has 0 bridgehead atoms. The third kappa shape index (κ3) is 4.95. The molecule has 0 aromatic carbocycles. The van der Waals surface area contributed by atoms with Crippen LogP contribution in [0, 0.1) is 6.92 Å². The lowest BCUT2D eigenvalue weighted by Crippen LogP contribution is -2.29. The fourth-order valence-electron chi connectivity index (χ4n) is 3.68. The second kappa shape index (κ2) is 9.68. The number of halogens is 1. The minimum atomic E-state index is -0.227. The van der Waals surface area contributed by atoms with Crippen LogP contribution in [0.25, 0.3) is 10.2 Å². The lowest BCUT2D eigenvalue weighted by molar-refractivity contribution is -0.113. The van der Waals surface area contributed by atoms with Crippen molar-refractivity contribution in [3.8, 4) is 0 Å². The number of anilines is 1. The predicted octanol–water partition coefficient (Wildman–Crippen LogP) is 4.29. The maximum Gasteiger partial charge on any atom is 0.263 e. The molecule has 1 amide bonds. The van der Waals surface area contributed by atoms with Crippen LogP contribution in [0.1, 0.15) is 30.2 Å². The van der Waals surface area contributed by atoms with Gasteiger partial charge in [-0.15, -0.1) is 11.3 Å². The number of fused-ring (bicyclic) bond motifs is 1. The number of aromatic nitrogens is 3. The van der Waals surface area contributed by atoms with Crippen molar-refractivity contribution < 1.29 is 9.53 Å². The second-order valence-corrected chi connectivity index (χ2v) is 9.90. The van der Waals surface area contributed by atoms with Crippen LogP contribution in [0.4, 0.5) is 5.82 Å². The zero-order valence-electron chi connectivity index (χ0n) is 17.3. The number of pyridine rings is 1. The number of aryl methyl sites for hydroxylation is 2. The van der Waals surface area contributed by atoms with Gasteiger partial charge in [-0.3, -0.25) is 14.2 Å². The van der Waals surface area contributed by atoms with Crippen LogP contribution in [0.5, 0.6) is 0 Å². The van der Waals surface area contributed by atoms with Crippen molar-refractivity contribution in [2.45, 2.75) is 50.9 Å². The SMILES string of the molecule is CCc1c(C)sc2nc(SCC(=O)Nc3ccc(Cl)cn3)n(CC3CCCO3)c(=O)c12. The van der Waals surface area contributed by atoms with Crippen LogP contribution in [0.2, 0.25) is 5.02 Å². The average Bonchev–Trinajstić information content (AvgIpc) is 3.37. The van der Waals surface area contributed by atoms with Crippen LogP contribution < -0.4 is 10.9 Å². The van der Waals surface area contributed by atoms with E-state index in [4.69, 9.17) is 21.3 Å². The van der Waals surface area contributed by atoms with Crippen molar-refractivity contribution in [1.29, 1.82) is 0 Å². The average molecular weight is 479 g/mol. The first-order valence-corrected chi connectivity index (χ1v) is 12.3. The molecule has 0 aliphatic carbocycles. The molecule has 1 N–H and O–H groups in total. The molecular formula is C21H23ClN4O3S2. The molecule has 4 heterocycles. The van der Waals surface area contributed by atoms with E-state index in [-0.39, 0.29) is 23.3 Å². The lowest BCUT2D eigenvalue weighted by Gasteiger charge is -2.16. The Morgan fingerprint density at radius 3 is 2.97 bits per heavy atom. The lowest BCUT2D eigenvalue weighted by atomic mass is 10.1. The van der Waals surface area contributed by atoms with Crippen molar-refractivity contribution in [3.05, 3.63) is 44.1 Å². The summed E-state index contributed by atoms with van der Waals surface area (Å²) in [5, 5.41) is 4.47. The number of hydrogen-bond acceptors (Lipinski definition) is 7. The summed E-state index contributed by atoms with van der Waals surface area (Å²) in [5.74, 6) is 0.310.